The summed E-state index contributed by atoms with van der Waals surface area (Å²) in [5.74, 6) is 0. The molecule has 0 saturated carbocycles. The van der Waals surface area contributed by atoms with Gasteiger partial charge < -0.3 is 14.4 Å². The predicted octanol–water partition coefficient (Wildman–Crippen LogP) is 17.3. The van der Waals surface area contributed by atoms with Crippen molar-refractivity contribution in [2.45, 2.75) is 52.4 Å². The van der Waals surface area contributed by atoms with Crippen LogP contribution in [-0.2, 0) is 10.8 Å². The SMILES string of the molecule is CC(C)(C)c1ccc2c3ccc(C(C)(C)C)cc3n(-c3cc4c5c(c3)N(c3cccc([Si](c6ccccc6)(c6ccccc6)c6ccccc6)c3)c3ccc([Si](c6ccccc6)(c6ccccc6)c6ccccc6)cc3B5c3cc([Si](c5ccccc5)(c5ccccc5)c5ccccc5)ccc3N4c3ccc(-c4ccccc4)cc3)c2c1. The molecule has 17 aromatic carbocycles. The molecule has 20 rings (SSSR count). The Balaban J connectivity index is 0.976. The number of anilines is 6. The van der Waals surface area contributed by atoms with Crippen LogP contribution in [0.5, 0.6) is 0 Å². The molecule has 7 heteroatoms. The fourth-order valence-electron chi connectivity index (χ4n) is 19.9. The molecule has 0 saturated heterocycles. The summed E-state index contributed by atoms with van der Waals surface area (Å²) in [4.78, 5) is 5.38. The monoisotopic (exact) mass is 1550 g/mol. The average molecular weight is 1550 g/mol. The molecule has 3 heterocycles. The third-order valence-corrected chi connectivity index (χ3v) is 39.6. The van der Waals surface area contributed by atoms with Crippen LogP contribution in [0.25, 0.3) is 38.6 Å². The van der Waals surface area contributed by atoms with Crippen molar-refractivity contribution in [1.29, 1.82) is 0 Å². The molecule has 0 N–H and O–H groups in total. The molecule has 0 fully saturated rings. The lowest BCUT2D eigenvalue weighted by molar-refractivity contribution is 0.591. The minimum atomic E-state index is -3.25. The maximum atomic E-state index is 2.72. The molecule has 0 aliphatic carbocycles. The van der Waals surface area contributed by atoms with E-state index in [0.29, 0.717) is 0 Å². The van der Waals surface area contributed by atoms with E-state index in [1.165, 1.54) is 117 Å². The van der Waals surface area contributed by atoms with E-state index in [1.807, 2.05) is 0 Å². The lowest BCUT2D eigenvalue weighted by atomic mass is 9.33. The predicted molar refractivity (Wildman–Crippen MR) is 508 cm³/mol. The lowest BCUT2D eigenvalue weighted by Gasteiger charge is -2.46. The van der Waals surface area contributed by atoms with E-state index in [1.54, 1.807) is 0 Å². The highest BCUT2D eigenvalue weighted by molar-refractivity contribution is 7.21. The Morgan fingerprint density at radius 1 is 0.214 bits per heavy atom. The summed E-state index contributed by atoms with van der Waals surface area (Å²) in [5.41, 5.74) is 18.5. The maximum absolute atomic E-state index is 3.25. The average Bonchev–Trinajstić information content (AvgIpc) is 1.25. The molecule has 2 aliphatic heterocycles. The van der Waals surface area contributed by atoms with Crippen LogP contribution in [0, 0.1) is 0 Å². The minimum absolute atomic E-state index is 0.140. The van der Waals surface area contributed by atoms with Crippen LogP contribution >= 0.6 is 0 Å². The number of hydrogen-bond acceptors (Lipinski definition) is 2. The molecule has 560 valence electrons. The van der Waals surface area contributed by atoms with E-state index < -0.39 is 24.2 Å². The number of benzene rings is 17. The third-order valence-electron chi connectivity index (χ3n) is 25.3. The van der Waals surface area contributed by atoms with E-state index >= 15 is 0 Å². The van der Waals surface area contributed by atoms with Gasteiger partial charge in [0.15, 0.2) is 24.2 Å². The topological polar surface area (TPSA) is 11.4 Å². The van der Waals surface area contributed by atoms with E-state index in [0.717, 1.165) is 45.4 Å². The van der Waals surface area contributed by atoms with Crippen molar-refractivity contribution in [1.82, 2.24) is 4.57 Å². The molecule has 0 atom stereocenters. The first kappa shape index (κ1) is 72.8. The van der Waals surface area contributed by atoms with Gasteiger partial charge in [-0.2, -0.15) is 0 Å². The van der Waals surface area contributed by atoms with Gasteiger partial charge >= 0.3 is 0 Å². The highest BCUT2D eigenvalue weighted by Gasteiger charge is 2.50. The minimum Gasteiger partial charge on any atom is -0.311 e. The number of hydrogen-bond donors (Lipinski definition) is 0. The Kier molecular flexibility index (Phi) is 18.2. The molecule has 18 aromatic rings. The van der Waals surface area contributed by atoms with Crippen molar-refractivity contribution in [2.75, 3.05) is 9.80 Å². The van der Waals surface area contributed by atoms with Crippen LogP contribution in [0.4, 0.5) is 34.1 Å². The van der Waals surface area contributed by atoms with Gasteiger partial charge in [0.1, 0.15) is 0 Å². The van der Waals surface area contributed by atoms with Gasteiger partial charge in [-0.25, -0.2) is 0 Å². The molecule has 0 bridgehead atoms. The first-order valence-electron chi connectivity index (χ1n) is 41.2. The van der Waals surface area contributed by atoms with Gasteiger partial charge in [-0.1, -0.05) is 418 Å². The molecule has 0 radical (unpaired) electrons. The zero-order chi connectivity index (χ0) is 79.0. The Morgan fingerprint density at radius 3 is 0.829 bits per heavy atom. The van der Waals surface area contributed by atoms with Crippen molar-refractivity contribution in [3.05, 3.63) is 448 Å². The second-order valence-corrected chi connectivity index (χ2v) is 45.3. The first-order valence-corrected chi connectivity index (χ1v) is 47.2. The summed E-state index contributed by atoms with van der Waals surface area (Å²) in [6, 6.07) is 169. The van der Waals surface area contributed by atoms with Crippen molar-refractivity contribution in [3.8, 4) is 16.8 Å². The van der Waals surface area contributed by atoms with E-state index in [9.17, 15) is 0 Å². The summed E-state index contributed by atoms with van der Waals surface area (Å²) in [6.45, 7) is 13.8. The standard InChI is InChI=1S/C110H90BN3Si3/c1-109(2,3)81-62-68-98-99-69-63-82(110(4,5)6)73-105(99)114(104(98)72-81)85-75-106-108-107(76-85)113(84-40-37-59-95(74-84)115(86-41-19-8-20-42-86,87-43-21-9-22-44-87)88-45-23-10-24-46-88)103-71-67-97(117(92-53-31-14-32-54-92,93-55-33-15-34-56-93)94-57-35-16-36-58-94)78-101(103)111(108)100-77-96(66-70-102(100)112(106)83-64-60-80(61-65-83)79-38-17-7-18-39-79)116(89-47-25-11-26-48-89,90-49-27-12-28-50-90)91-51-29-13-30-52-91/h7-78H,1-6H3. The quantitative estimate of drug-likeness (QED) is 0.0706. The Labute approximate surface area is 691 Å². The highest BCUT2D eigenvalue weighted by Crippen LogP contribution is 2.48. The van der Waals surface area contributed by atoms with Crippen molar-refractivity contribution < 1.29 is 0 Å². The summed E-state index contributed by atoms with van der Waals surface area (Å²) < 4.78 is 2.64. The van der Waals surface area contributed by atoms with Crippen LogP contribution in [-0.4, -0.2) is 35.5 Å². The van der Waals surface area contributed by atoms with Crippen molar-refractivity contribution >= 4 is 165 Å². The summed E-state index contributed by atoms with van der Waals surface area (Å²) in [7, 11) is -9.66. The fourth-order valence-corrected chi connectivity index (χ4v) is 34.2. The summed E-state index contributed by atoms with van der Waals surface area (Å²) in [5, 5.41) is 18.3. The van der Waals surface area contributed by atoms with Gasteiger partial charge in [-0.3, -0.25) is 0 Å². The molecular formula is C110H90BN3Si3. The third kappa shape index (κ3) is 12.0. The summed E-state index contributed by atoms with van der Waals surface area (Å²) in [6.07, 6.45) is 0. The van der Waals surface area contributed by atoms with Gasteiger partial charge in [0.25, 0.3) is 6.71 Å². The van der Waals surface area contributed by atoms with Gasteiger partial charge in [-0.05, 0) is 172 Å². The smallest absolute Gasteiger partial charge is 0.252 e. The van der Waals surface area contributed by atoms with Gasteiger partial charge in [0.2, 0.25) is 0 Å². The van der Waals surface area contributed by atoms with Crippen LogP contribution in [0.1, 0.15) is 52.7 Å². The van der Waals surface area contributed by atoms with Crippen LogP contribution in [0.15, 0.2) is 437 Å². The second kappa shape index (κ2) is 29.3. The Bertz CT molecular complexity index is 6320. The molecule has 117 heavy (non-hydrogen) atoms. The van der Waals surface area contributed by atoms with Gasteiger partial charge in [-0.15, -0.1) is 0 Å². The largest absolute Gasteiger partial charge is 0.311 e. The first-order chi connectivity index (χ1) is 57.3. The van der Waals surface area contributed by atoms with E-state index in [4.69, 9.17) is 0 Å². The molecule has 0 amide bonds. The van der Waals surface area contributed by atoms with Crippen LogP contribution < -0.4 is 88.4 Å². The fraction of sp³-hybridized carbons (Fsp3) is 0.0727. The van der Waals surface area contributed by atoms with Crippen molar-refractivity contribution in [3.63, 3.8) is 0 Å². The zero-order valence-electron chi connectivity index (χ0n) is 67.0. The Morgan fingerprint density at radius 2 is 0.504 bits per heavy atom. The van der Waals surface area contributed by atoms with E-state index in [2.05, 4.69) is 493 Å². The van der Waals surface area contributed by atoms with Crippen LogP contribution in [0.2, 0.25) is 0 Å². The zero-order valence-corrected chi connectivity index (χ0v) is 70.0. The molecule has 0 unspecified atom stereocenters. The molecule has 3 nitrogen and oxygen atoms in total. The number of nitrogens with zero attached hydrogens (tertiary/aromatic N) is 3. The van der Waals surface area contributed by atoms with E-state index in [-0.39, 0.29) is 17.5 Å². The normalized spacial score (nSPS) is 12.8. The maximum Gasteiger partial charge on any atom is 0.252 e. The summed E-state index contributed by atoms with van der Waals surface area (Å²) >= 11 is 0. The van der Waals surface area contributed by atoms with Crippen LogP contribution in [0.3, 0.4) is 0 Å². The number of rotatable bonds is 16. The second-order valence-electron chi connectivity index (χ2n) is 33.9. The van der Waals surface area contributed by atoms with Crippen molar-refractivity contribution in [2.24, 2.45) is 0 Å². The molecular weight excluding hydrogens is 1460 g/mol. The lowest BCUT2D eigenvalue weighted by Crippen LogP contribution is -2.76. The highest BCUT2D eigenvalue weighted by atomic mass is 28.3. The van der Waals surface area contributed by atoms with Gasteiger partial charge in [0, 0.05) is 44.9 Å². The molecule has 1 aromatic heterocycles. The van der Waals surface area contributed by atoms with Gasteiger partial charge in [0.05, 0.1) is 16.7 Å². The Hall–Kier alpha value is -13.1. The number of fused-ring (bicyclic) bond motifs is 7. The molecule has 2 aliphatic rings. The molecule has 0 spiro atoms. The number of aromatic nitrogens is 1.